The van der Waals surface area contributed by atoms with Crippen LogP contribution in [0.2, 0.25) is 5.02 Å². The van der Waals surface area contributed by atoms with Crippen LogP contribution < -0.4 is 0 Å². The molecule has 1 fully saturated rings. The van der Waals surface area contributed by atoms with Crippen LogP contribution in [0.5, 0.6) is 0 Å². The lowest BCUT2D eigenvalue weighted by molar-refractivity contribution is -0.141. The predicted octanol–water partition coefficient (Wildman–Crippen LogP) is 2.87. The third-order valence-electron chi connectivity index (χ3n) is 4.31. The molecule has 1 N–H and O–H groups in total. The van der Waals surface area contributed by atoms with E-state index in [0.29, 0.717) is 10.6 Å². The second-order valence-electron chi connectivity index (χ2n) is 5.59. The number of nitriles is 1. The summed E-state index contributed by atoms with van der Waals surface area (Å²) in [6.45, 7) is 0. The summed E-state index contributed by atoms with van der Waals surface area (Å²) in [7, 11) is -3.97. The summed E-state index contributed by atoms with van der Waals surface area (Å²) in [6.07, 6.45) is 0. The molecule has 0 aliphatic heterocycles. The molecule has 0 unspecified atom stereocenters. The van der Waals surface area contributed by atoms with Gasteiger partial charge in [0.1, 0.15) is 5.25 Å². The van der Waals surface area contributed by atoms with Gasteiger partial charge in [-0.15, -0.1) is 0 Å². The van der Waals surface area contributed by atoms with E-state index in [0.717, 1.165) is 0 Å². The van der Waals surface area contributed by atoms with Gasteiger partial charge >= 0.3 is 5.97 Å². The number of nitrogens with zero attached hydrogens (tertiary/aromatic N) is 1. The zero-order chi connectivity index (χ0) is 17.5. The van der Waals surface area contributed by atoms with E-state index in [2.05, 4.69) is 0 Å². The lowest BCUT2D eigenvalue weighted by Crippen LogP contribution is -2.22. The molecule has 122 valence electrons. The minimum atomic E-state index is -3.97. The Hall–Kier alpha value is -2.36. The van der Waals surface area contributed by atoms with Gasteiger partial charge in [0.25, 0.3) is 0 Å². The molecule has 0 heterocycles. The van der Waals surface area contributed by atoms with Crippen molar-refractivity contribution in [1.82, 2.24) is 0 Å². The zero-order valence-electron chi connectivity index (χ0n) is 12.3. The monoisotopic (exact) mass is 361 g/mol. The van der Waals surface area contributed by atoms with Crippen molar-refractivity contribution >= 4 is 27.4 Å². The largest absolute Gasteiger partial charge is 0.480 e. The molecule has 1 aliphatic rings. The maximum atomic E-state index is 12.9. The fourth-order valence-electron chi connectivity index (χ4n) is 3.08. The Kier molecular flexibility index (Phi) is 3.86. The minimum absolute atomic E-state index is 0.00679. The summed E-state index contributed by atoms with van der Waals surface area (Å²) in [5.41, 5.74) is -1.53. The zero-order valence-corrected chi connectivity index (χ0v) is 13.8. The quantitative estimate of drug-likeness (QED) is 0.903. The lowest BCUT2D eigenvalue weighted by Gasteiger charge is -2.04. The number of carboxylic acid groups (broad SMARTS) is 1. The average Bonchev–Trinajstić information content (AvgIpc) is 3.28. The van der Waals surface area contributed by atoms with Gasteiger partial charge in [-0.3, -0.25) is 4.79 Å². The van der Waals surface area contributed by atoms with E-state index in [1.807, 2.05) is 0 Å². The summed E-state index contributed by atoms with van der Waals surface area (Å²) in [5, 5.41) is 18.1. The van der Waals surface area contributed by atoms with E-state index in [1.54, 1.807) is 48.5 Å². The van der Waals surface area contributed by atoms with Crippen molar-refractivity contribution < 1.29 is 18.3 Å². The number of hydrogen-bond donors (Lipinski definition) is 1. The molecule has 3 rings (SSSR count). The van der Waals surface area contributed by atoms with Gasteiger partial charge in [0.05, 0.1) is 11.0 Å². The van der Waals surface area contributed by atoms with Gasteiger partial charge in [0.2, 0.25) is 0 Å². The average molecular weight is 362 g/mol. The molecule has 1 saturated carbocycles. The Morgan fingerprint density at radius 3 is 2.21 bits per heavy atom. The molecule has 0 radical (unpaired) electrons. The van der Waals surface area contributed by atoms with Crippen LogP contribution in [-0.4, -0.2) is 24.7 Å². The molecule has 2 aromatic rings. The Labute approximate surface area is 144 Å². The first-order valence-electron chi connectivity index (χ1n) is 7.04. The van der Waals surface area contributed by atoms with E-state index in [4.69, 9.17) is 11.6 Å². The summed E-state index contributed by atoms with van der Waals surface area (Å²) >= 11 is 5.83. The summed E-state index contributed by atoms with van der Waals surface area (Å²) in [4.78, 5) is 11.7. The Bertz CT molecular complexity index is 935. The van der Waals surface area contributed by atoms with Crippen molar-refractivity contribution in [2.75, 3.05) is 0 Å². The highest BCUT2D eigenvalue weighted by Gasteiger charge is 2.77. The van der Waals surface area contributed by atoms with Crippen LogP contribution in [0.15, 0.2) is 59.5 Å². The van der Waals surface area contributed by atoms with Gasteiger partial charge in [-0.25, -0.2) is 8.42 Å². The molecule has 0 saturated heterocycles. The smallest absolute Gasteiger partial charge is 0.326 e. The van der Waals surface area contributed by atoms with E-state index >= 15 is 0 Å². The van der Waals surface area contributed by atoms with Crippen LogP contribution in [0.25, 0.3) is 0 Å². The topological polar surface area (TPSA) is 95.2 Å². The molecule has 0 aromatic heterocycles. The third-order valence-corrected chi connectivity index (χ3v) is 6.80. The number of carbonyl (C=O) groups is 1. The minimum Gasteiger partial charge on any atom is -0.480 e. The number of carboxylic acids is 1. The van der Waals surface area contributed by atoms with Gasteiger partial charge < -0.3 is 5.11 Å². The number of hydrogen-bond acceptors (Lipinski definition) is 4. The van der Waals surface area contributed by atoms with Crippen molar-refractivity contribution in [2.24, 2.45) is 5.41 Å². The summed E-state index contributed by atoms with van der Waals surface area (Å²) in [6, 6.07) is 15.5. The van der Waals surface area contributed by atoms with Crippen LogP contribution in [0.4, 0.5) is 0 Å². The maximum absolute atomic E-state index is 12.9. The van der Waals surface area contributed by atoms with Gasteiger partial charge in [-0.1, -0.05) is 41.9 Å². The first-order valence-corrected chi connectivity index (χ1v) is 8.97. The molecular formula is C17H12ClNO4S. The molecule has 0 spiro atoms. The third kappa shape index (κ3) is 2.29. The molecular weight excluding hydrogens is 350 g/mol. The fraction of sp³-hybridized carbons (Fsp3) is 0.176. The van der Waals surface area contributed by atoms with Gasteiger partial charge in [-0.05, 0) is 29.8 Å². The number of rotatable bonds is 4. The van der Waals surface area contributed by atoms with Crippen LogP contribution in [-0.2, 0) is 14.6 Å². The van der Waals surface area contributed by atoms with Gasteiger partial charge in [0, 0.05) is 10.9 Å². The van der Waals surface area contributed by atoms with Crippen molar-refractivity contribution in [3.8, 4) is 6.07 Å². The highest BCUT2D eigenvalue weighted by molar-refractivity contribution is 7.92. The summed E-state index contributed by atoms with van der Waals surface area (Å²) < 4.78 is 25.8. The van der Waals surface area contributed by atoms with Crippen LogP contribution >= 0.6 is 11.6 Å². The van der Waals surface area contributed by atoms with E-state index < -0.39 is 32.4 Å². The van der Waals surface area contributed by atoms with E-state index in [9.17, 15) is 23.6 Å². The highest BCUT2D eigenvalue weighted by Crippen LogP contribution is 2.64. The first kappa shape index (κ1) is 16.5. The van der Waals surface area contributed by atoms with Crippen LogP contribution in [0, 0.1) is 16.7 Å². The highest BCUT2D eigenvalue weighted by atomic mass is 35.5. The molecule has 2 aromatic carbocycles. The van der Waals surface area contributed by atoms with Gasteiger partial charge in [-0.2, -0.15) is 5.26 Å². The number of halogens is 1. The van der Waals surface area contributed by atoms with Crippen LogP contribution in [0.1, 0.15) is 11.5 Å². The van der Waals surface area contributed by atoms with E-state index in [-0.39, 0.29) is 4.90 Å². The number of aliphatic carboxylic acids is 1. The lowest BCUT2D eigenvalue weighted by atomic mass is 10.0. The molecule has 24 heavy (non-hydrogen) atoms. The second kappa shape index (κ2) is 5.62. The SMILES string of the molecule is N#C[C@]1(C(=O)O)[C@@H](c2ccc(Cl)cc2)[C@@H]1S(=O)(=O)c1ccccc1. The van der Waals surface area contributed by atoms with Crippen molar-refractivity contribution in [3.63, 3.8) is 0 Å². The molecule has 5 nitrogen and oxygen atoms in total. The van der Waals surface area contributed by atoms with Gasteiger partial charge in [0.15, 0.2) is 15.3 Å². The van der Waals surface area contributed by atoms with Crippen molar-refractivity contribution in [3.05, 3.63) is 65.2 Å². The molecule has 0 bridgehead atoms. The first-order chi connectivity index (χ1) is 11.4. The van der Waals surface area contributed by atoms with E-state index in [1.165, 1.54) is 12.1 Å². The molecule has 3 atom stereocenters. The predicted molar refractivity (Wildman–Crippen MR) is 87.3 cm³/mol. The normalized spacial score (nSPS) is 25.7. The Balaban J connectivity index is 2.13. The second-order valence-corrected chi connectivity index (χ2v) is 8.10. The molecule has 7 heteroatoms. The maximum Gasteiger partial charge on any atom is 0.326 e. The molecule has 1 aliphatic carbocycles. The Morgan fingerprint density at radius 2 is 1.71 bits per heavy atom. The molecule has 0 amide bonds. The summed E-state index contributed by atoms with van der Waals surface area (Å²) in [5.74, 6) is -2.38. The fourth-order valence-corrected chi connectivity index (χ4v) is 5.48. The number of sulfone groups is 1. The number of benzene rings is 2. The van der Waals surface area contributed by atoms with Crippen LogP contribution in [0.3, 0.4) is 0 Å². The standard InChI is InChI=1S/C17H12ClNO4S/c18-12-8-6-11(7-9-12)14-15(17(14,10-19)16(20)21)24(22,23)13-4-2-1-3-5-13/h1-9,14-15H,(H,20,21)/t14-,15-,17-/m0/s1. The van der Waals surface area contributed by atoms with Crippen molar-refractivity contribution in [1.29, 1.82) is 5.26 Å². The van der Waals surface area contributed by atoms with Crippen molar-refractivity contribution in [2.45, 2.75) is 16.1 Å². The Morgan fingerprint density at radius 1 is 1.12 bits per heavy atom.